The Kier molecular flexibility index (Phi) is 1.95. The van der Waals surface area contributed by atoms with E-state index in [4.69, 9.17) is 30.0 Å². The van der Waals surface area contributed by atoms with E-state index in [1.54, 1.807) is 0 Å². The van der Waals surface area contributed by atoms with E-state index >= 15 is 0 Å². The number of diazo groups is 1. The largest absolute Gasteiger partial charge is 0.493 e. The number of nitrogens with zero attached hydrogens (tertiary/aromatic N) is 2. The fourth-order valence-electron chi connectivity index (χ4n) is 1.75. The number of carbonyl (C=O) groups excluding carboxylic acids is 1. The molecule has 0 heterocycles. The van der Waals surface area contributed by atoms with Gasteiger partial charge in [-0.05, 0) is 19.8 Å². The molecule has 0 unspecified atom stereocenters. The van der Waals surface area contributed by atoms with E-state index in [0.717, 1.165) is 6.07 Å². The first kappa shape index (κ1) is 5.64. The molecule has 0 radical (unpaired) electrons. The molecule has 118 valence electrons. The maximum Gasteiger partial charge on any atom is 0.429 e. The van der Waals surface area contributed by atoms with Crippen molar-refractivity contribution < 1.29 is 34.8 Å². The Morgan fingerprint density at radius 2 is 1.91 bits per heavy atom. The molecule has 0 saturated heterocycles. The molecule has 23 heavy (non-hydrogen) atoms. The fourth-order valence-corrected chi connectivity index (χ4v) is 1.75. The van der Waals surface area contributed by atoms with Crippen LogP contribution in [0.15, 0.2) is 42.3 Å². The van der Waals surface area contributed by atoms with E-state index in [-0.39, 0.29) is 0 Å². The summed E-state index contributed by atoms with van der Waals surface area (Å²) in [6.45, 7) is -13.5. The predicted octanol–water partition coefficient (Wildman–Crippen LogP) is 4.39. The highest BCUT2D eigenvalue weighted by Crippen LogP contribution is 2.36. The highest BCUT2D eigenvalue weighted by atomic mass is 16.5. The van der Waals surface area contributed by atoms with Crippen molar-refractivity contribution >= 4 is 11.5 Å². The Labute approximate surface area is 156 Å². The maximum absolute atomic E-state index is 13.1. The molecule has 0 N–H and O–H groups in total. The van der Waals surface area contributed by atoms with E-state index in [2.05, 4.69) is 4.98 Å². The molecular weight excluding hydrogens is 292 g/mol. The number of rotatable bonds is 7. The molecule has 0 fully saturated rings. The first-order chi connectivity index (χ1) is 17.1. The van der Waals surface area contributed by atoms with Crippen molar-refractivity contribution in [3.63, 3.8) is 0 Å². The molecule has 5 heteroatoms. The van der Waals surface area contributed by atoms with Gasteiger partial charge in [0, 0.05) is 25.8 Å². The van der Waals surface area contributed by atoms with Crippen molar-refractivity contribution in [3.05, 3.63) is 58.4 Å². The van der Waals surface area contributed by atoms with Crippen LogP contribution in [0.5, 0.6) is 11.5 Å². The molecule has 0 spiro atoms. The number of ketones is 1. The standard InChI is InChI=1S/C18H19N2O3/c1-3-22-17-12-15(20-19)18(23-4-2)11-14(17)10-16(21)13-8-6-5-7-9-13/h5-9,11-12H,3-4,10H2,1-2H3/q+1/i1D3,2D3,3D2,4D2,5D,6D,7D,8D,9D. The van der Waals surface area contributed by atoms with Gasteiger partial charge in [0.1, 0.15) is 5.75 Å². The molecule has 2 aromatic rings. The minimum atomic E-state index is -3.38. The summed E-state index contributed by atoms with van der Waals surface area (Å²) < 4.78 is 123. The van der Waals surface area contributed by atoms with Crippen LogP contribution in [0.25, 0.3) is 4.98 Å². The van der Waals surface area contributed by atoms with E-state index in [9.17, 15) is 10.2 Å². The molecule has 2 rings (SSSR count). The van der Waals surface area contributed by atoms with Gasteiger partial charge in [-0.2, -0.15) is 0 Å². The molecule has 0 aromatic heterocycles. The molecule has 0 atom stereocenters. The van der Waals surface area contributed by atoms with E-state index in [1.807, 2.05) is 0 Å². The van der Waals surface area contributed by atoms with Gasteiger partial charge in [0.2, 0.25) is 11.1 Å². The van der Waals surface area contributed by atoms with Gasteiger partial charge in [-0.1, -0.05) is 30.2 Å². The topological polar surface area (TPSA) is 63.7 Å². The van der Waals surface area contributed by atoms with Crippen molar-refractivity contribution in [1.82, 2.24) is 0 Å². The van der Waals surface area contributed by atoms with Crippen molar-refractivity contribution in [3.8, 4) is 11.5 Å². The van der Waals surface area contributed by atoms with E-state index < -0.39 is 97.6 Å². The number of ether oxygens (including phenoxy) is 2. The average Bonchev–Trinajstić information content (AvgIpc) is 2.76. The Hall–Kier alpha value is -2.87. The second-order valence-corrected chi connectivity index (χ2v) is 4.04. The van der Waals surface area contributed by atoms with Gasteiger partial charge in [0.25, 0.3) is 0 Å². The number of hydrogen-bond donors (Lipinski definition) is 0. The molecule has 0 aliphatic heterocycles. The van der Waals surface area contributed by atoms with Crippen LogP contribution < -0.4 is 9.47 Å². The fraction of sp³-hybridized carbons (Fsp3) is 0.278. The van der Waals surface area contributed by atoms with Crippen LogP contribution in [-0.2, 0) is 6.42 Å². The summed E-state index contributed by atoms with van der Waals surface area (Å²) >= 11 is 0. The molecule has 0 bridgehead atoms. The number of Topliss-reactive ketones (excluding diaryl/α,β-unsaturated/α-hetero) is 1. The van der Waals surface area contributed by atoms with Crippen molar-refractivity contribution in [2.75, 3.05) is 13.1 Å². The van der Waals surface area contributed by atoms with Gasteiger partial charge >= 0.3 is 5.69 Å². The zero-order valence-electron chi connectivity index (χ0n) is 26.5. The summed E-state index contributed by atoms with van der Waals surface area (Å²) in [6.07, 6.45) is -0.945. The van der Waals surface area contributed by atoms with Crippen LogP contribution in [-0.4, -0.2) is 18.9 Å². The second kappa shape index (κ2) is 7.95. The molecule has 5 nitrogen and oxygen atoms in total. The van der Waals surface area contributed by atoms with Gasteiger partial charge in [-0.25, -0.2) is 0 Å². The normalized spacial score (nSPS) is 21.8. The lowest BCUT2D eigenvalue weighted by atomic mass is 10.0. The quantitative estimate of drug-likeness (QED) is 0.559. The number of carbonyl (C=O) groups is 1. The molecule has 0 aliphatic rings. The van der Waals surface area contributed by atoms with Crippen molar-refractivity contribution in [2.24, 2.45) is 0 Å². The SMILES string of the molecule is [2H]c1c([2H])c([2H])c(C(=O)Cc2cc(OC([2H])([2H])C([2H])([2H])[2H])c([N+]#N)cc2OC([2H])([2H])C([2H])([2H])[2H])c([2H])c1[2H]. The van der Waals surface area contributed by atoms with Crippen molar-refractivity contribution in [2.45, 2.75) is 20.1 Å². The second-order valence-electron chi connectivity index (χ2n) is 4.04. The van der Waals surface area contributed by atoms with Gasteiger partial charge in [-0.15, -0.1) is 0 Å². The third kappa shape index (κ3) is 4.07. The van der Waals surface area contributed by atoms with Crippen LogP contribution in [0.1, 0.15) is 50.2 Å². The Morgan fingerprint density at radius 3 is 2.57 bits per heavy atom. The van der Waals surface area contributed by atoms with Gasteiger partial charge in [0.05, 0.1) is 31.5 Å². The van der Waals surface area contributed by atoms with Crippen LogP contribution in [0, 0.1) is 5.39 Å². The lowest BCUT2D eigenvalue weighted by molar-refractivity contribution is 0.0992. The third-order valence-electron chi connectivity index (χ3n) is 2.70. The summed E-state index contributed by atoms with van der Waals surface area (Å²) in [5.74, 6) is -2.65. The van der Waals surface area contributed by atoms with Gasteiger partial charge in [-0.3, -0.25) is 4.79 Å². The maximum atomic E-state index is 13.1. The Morgan fingerprint density at radius 1 is 1.22 bits per heavy atom. The highest BCUT2D eigenvalue weighted by molar-refractivity contribution is 5.98. The number of hydrogen-bond acceptors (Lipinski definition) is 4. The van der Waals surface area contributed by atoms with E-state index in [1.165, 1.54) is 0 Å². The van der Waals surface area contributed by atoms with Crippen LogP contribution in [0.2, 0.25) is 0 Å². The van der Waals surface area contributed by atoms with Crippen LogP contribution >= 0.6 is 0 Å². The Bertz CT molecular complexity index is 1280. The smallest absolute Gasteiger partial charge is 0.429 e. The average molecular weight is 326 g/mol. The monoisotopic (exact) mass is 326 g/mol. The van der Waals surface area contributed by atoms with E-state index in [0.29, 0.717) is 6.07 Å². The lowest BCUT2D eigenvalue weighted by Gasteiger charge is -2.11. The summed E-state index contributed by atoms with van der Waals surface area (Å²) in [4.78, 5) is 15.9. The molecule has 0 saturated carbocycles. The van der Waals surface area contributed by atoms with Gasteiger partial charge < -0.3 is 9.47 Å². The first-order valence-electron chi connectivity index (χ1n) is 13.6. The zero-order valence-corrected chi connectivity index (χ0v) is 11.5. The Balaban J connectivity index is 2.75. The molecule has 2 aromatic carbocycles. The van der Waals surface area contributed by atoms with Crippen LogP contribution in [0.3, 0.4) is 0 Å². The van der Waals surface area contributed by atoms with Crippen LogP contribution in [0.4, 0.5) is 5.69 Å². The molecule has 0 aliphatic carbocycles. The third-order valence-corrected chi connectivity index (χ3v) is 2.70. The number of benzene rings is 2. The highest BCUT2D eigenvalue weighted by Gasteiger charge is 2.22. The summed E-state index contributed by atoms with van der Waals surface area (Å²) in [5, 5.41) is 9.36. The summed E-state index contributed by atoms with van der Waals surface area (Å²) in [5.41, 5.74) is -1.97. The van der Waals surface area contributed by atoms with Crippen molar-refractivity contribution in [1.29, 1.82) is 5.39 Å². The molecular formula is C18H19N2O3+. The minimum absolute atomic E-state index is 0.473. The zero-order chi connectivity index (χ0) is 29.6. The van der Waals surface area contributed by atoms with Gasteiger partial charge in [0.15, 0.2) is 10.8 Å². The summed E-state index contributed by atoms with van der Waals surface area (Å²) in [7, 11) is 0. The minimum Gasteiger partial charge on any atom is -0.493 e. The molecule has 0 amide bonds. The predicted molar refractivity (Wildman–Crippen MR) is 88.0 cm³/mol. The first-order valence-corrected chi connectivity index (χ1v) is 6.06. The lowest BCUT2D eigenvalue weighted by Crippen LogP contribution is -2.06. The summed E-state index contributed by atoms with van der Waals surface area (Å²) in [6, 6.07) is -2.78.